The number of carbonyl (C=O) groups is 1. The van der Waals surface area contributed by atoms with Crippen LogP contribution >= 0.6 is 11.9 Å². The monoisotopic (exact) mass is 428 g/mol. The van der Waals surface area contributed by atoms with Crippen LogP contribution in [0, 0.1) is 0 Å². The second-order valence-electron chi connectivity index (χ2n) is 7.28. The summed E-state index contributed by atoms with van der Waals surface area (Å²) in [7, 11) is 0. The first kappa shape index (κ1) is 20.9. The highest BCUT2D eigenvalue weighted by molar-refractivity contribution is 7.97. The zero-order valence-electron chi connectivity index (χ0n) is 16.6. The third-order valence-electron chi connectivity index (χ3n) is 5.37. The van der Waals surface area contributed by atoms with Crippen molar-refractivity contribution in [1.29, 1.82) is 0 Å². The molecule has 0 bridgehead atoms. The van der Waals surface area contributed by atoms with E-state index >= 15 is 0 Å². The summed E-state index contributed by atoms with van der Waals surface area (Å²) < 4.78 is 13.9. The molecule has 0 spiro atoms. The summed E-state index contributed by atoms with van der Waals surface area (Å²) in [5.41, 5.74) is 5.93. The topological polar surface area (TPSA) is 56.8 Å². The molecule has 1 amide bonds. The summed E-state index contributed by atoms with van der Waals surface area (Å²) in [6.45, 7) is 5.50. The SMILES string of the molecule is O=C(NOF)C1=CCN(Sc2ccc(-c3ccc(N4CCNCC4)cc3)cc2)CC1. The van der Waals surface area contributed by atoms with Crippen molar-refractivity contribution >= 4 is 23.5 Å². The minimum atomic E-state index is -0.519. The van der Waals surface area contributed by atoms with E-state index in [4.69, 9.17) is 0 Å². The van der Waals surface area contributed by atoms with Crippen molar-refractivity contribution in [1.82, 2.24) is 15.1 Å². The zero-order valence-corrected chi connectivity index (χ0v) is 17.5. The van der Waals surface area contributed by atoms with Crippen molar-refractivity contribution in [3.63, 3.8) is 0 Å². The maximum absolute atomic E-state index is 11.7. The molecule has 0 saturated carbocycles. The van der Waals surface area contributed by atoms with E-state index in [0.29, 0.717) is 25.1 Å². The van der Waals surface area contributed by atoms with Crippen molar-refractivity contribution in [2.45, 2.75) is 11.3 Å². The Hall–Kier alpha value is -2.39. The summed E-state index contributed by atoms with van der Waals surface area (Å²) in [5.74, 6) is -0.519. The van der Waals surface area contributed by atoms with Crippen LogP contribution in [0.25, 0.3) is 11.1 Å². The molecule has 2 N–H and O–H groups in total. The molecule has 2 aliphatic rings. The van der Waals surface area contributed by atoms with E-state index in [9.17, 15) is 9.32 Å². The Kier molecular flexibility index (Phi) is 7.01. The quantitative estimate of drug-likeness (QED) is 0.544. The number of rotatable bonds is 6. The van der Waals surface area contributed by atoms with E-state index in [1.54, 1.807) is 23.5 Å². The first-order chi connectivity index (χ1) is 14.7. The van der Waals surface area contributed by atoms with Crippen LogP contribution in [-0.4, -0.2) is 49.5 Å². The van der Waals surface area contributed by atoms with Crippen molar-refractivity contribution < 1.29 is 14.4 Å². The Morgan fingerprint density at radius 3 is 2.27 bits per heavy atom. The number of nitrogens with zero attached hydrogens (tertiary/aromatic N) is 2. The third kappa shape index (κ3) is 5.20. The number of amides is 1. The fraction of sp³-hybridized carbons (Fsp3) is 0.318. The molecular weight excluding hydrogens is 403 g/mol. The summed E-state index contributed by atoms with van der Waals surface area (Å²) in [5, 5.41) is 6.58. The molecule has 2 aromatic rings. The largest absolute Gasteiger partial charge is 0.369 e. The second kappa shape index (κ2) is 10.1. The number of hydrogen-bond donors (Lipinski definition) is 2. The number of carbonyl (C=O) groups excluding carboxylic acids is 1. The highest BCUT2D eigenvalue weighted by atomic mass is 32.2. The fourth-order valence-corrected chi connectivity index (χ4v) is 4.57. The van der Waals surface area contributed by atoms with Gasteiger partial charge in [-0.25, -0.2) is 4.31 Å². The standard InChI is InChI=1S/C22H25FN4O2S/c23-29-25-22(28)19-9-13-27(14-10-19)30-21-7-3-18(4-8-21)17-1-5-20(6-2-17)26-15-11-24-12-16-26/h1-9,24H,10-16H2,(H,25,28). The molecule has 30 heavy (non-hydrogen) atoms. The Labute approximate surface area is 180 Å². The lowest BCUT2D eigenvalue weighted by Crippen LogP contribution is -2.43. The van der Waals surface area contributed by atoms with E-state index < -0.39 is 5.91 Å². The average molecular weight is 429 g/mol. The van der Waals surface area contributed by atoms with E-state index in [0.717, 1.165) is 31.1 Å². The van der Waals surface area contributed by atoms with Gasteiger partial charge in [0.1, 0.15) is 0 Å². The number of piperazine rings is 1. The smallest absolute Gasteiger partial charge is 0.273 e. The van der Waals surface area contributed by atoms with Crippen molar-refractivity contribution in [2.24, 2.45) is 0 Å². The van der Waals surface area contributed by atoms with Crippen molar-refractivity contribution in [3.8, 4) is 11.1 Å². The van der Waals surface area contributed by atoms with Gasteiger partial charge in [0.15, 0.2) is 0 Å². The van der Waals surface area contributed by atoms with Gasteiger partial charge in [0.2, 0.25) is 0 Å². The lowest BCUT2D eigenvalue weighted by Gasteiger charge is -2.29. The molecule has 1 fully saturated rings. The zero-order chi connectivity index (χ0) is 20.8. The number of benzene rings is 2. The average Bonchev–Trinajstić information content (AvgIpc) is 2.81. The molecule has 2 heterocycles. The lowest BCUT2D eigenvalue weighted by molar-refractivity contribution is -0.196. The lowest BCUT2D eigenvalue weighted by atomic mass is 10.1. The Morgan fingerprint density at radius 1 is 1.00 bits per heavy atom. The van der Waals surface area contributed by atoms with Crippen molar-refractivity contribution in [2.75, 3.05) is 44.2 Å². The molecular formula is C22H25FN4O2S. The second-order valence-corrected chi connectivity index (χ2v) is 8.45. The molecule has 2 aromatic carbocycles. The van der Waals surface area contributed by atoms with Gasteiger partial charge in [-0.2, -0.15) is 5.48 Å². The van der Waals surface area contributed by atoms with Gasteiger partial charge in [0.25, 0.3) is 5.91 Å². The molecule has 1 saturated heterocycles. The fourth-order valence-electron chi connectivity index (χ4n) is 3.69. The van der Waals surface area contributed by atoms with Crippen LogP contribution in [0.3, 0.4) is 0 Å². The van der Waals surface area contributed by atoms with Gasteiger partial charge in [-0.05, 0) is 58.3 Å². The third-order valence-corrected chi connectivity index (χ3v) is 6.44. The highest BCUT2D eigenvalue weighted by Crippen LogP contribution is 2.29. The molecule has 0 atom stereocenters. The van der Waals surface area contributed by atoms with Gasteiger partial charge >= 0.3 is 0 Å². The Morgan fingerprint density at radius 2 is 1.67 bits per heavy atom. The molecule has 8 heteroatoms. The van der Waals surface area contributed by atoms with Gasteiger partial charge in [-0.15, -0.1) is 0 Å². The number of hydroxylamine groups is 1. The van der Waals surface area contributed by atoms with Gasteiger partial charge in [0.05, 0.1) is 0 Å². The van der Waals surface area contributed by atoms with E-state index in [-0.39, 0.29) is 0 Å². The minimum Gasteiger partial charge on any atom is -0.369 e. The van der Waals surface area contributed by atoms with Gasteiger partial charge < -0.3 is 10.2 Å². The molecule has 158 valence electrons. The maximum atomic E-state index is 11.7. The Bertz CT molecular complexity index is 883. The van der Waals surface area contributed by atoms with Crippen LogP contribution in [0.5, 0.6) is 0 Å². The number of hydrogen-bond acceptors (Lipinski definition) is 6. The summed E-state index contributed by atoms with van der Waals surface area (Å²) >= 11 is 1.66. The Balaban J connectivity index is 1.34. The van der Waals surface area contributed by atoms with Crippen LogP contribution < -0.4 is 15.7 Å². The van der Waals surface area contributed by atoms with Crippen LogP contribution in [0.2, 0.25) is 0 Å². The predicted octanol–water partition coefficient (Wildman–Crippen LogP) is 3.33. The molecule has 2 aliphatic heterocycles. The van der Waals surface area contributed by atoms with E-state index in [1.165, 1.54) is 16.8 Å². The summed E-state index contributed by atoms with van der Waals surface area (Å²) in [6.07, 6.45) is 2.36. The molecule has 0 unspecified atom stereocenters. The van der Waals surface area contributed by atoms with Crippen LogP contribution in [0.15, 0.2) is 65.1 Å². The predicted molar refractivity (Wildman–Crippen MR) is 117 cm³/mol. The maximum Gasteiger partial charge on any atom is 0.273 e. The number of halogens is 1. The summed E-state index contributed by atoms with van der Waals surface area (Å²) in [6, 6.07) is 17.3. The molecule has 0 aliphatic carbocycles. The van der Waals surface area contributed by atoms with Crippen LogP contribution in [0.4, 0.5) is 10.2 Å². The molecule has 4 rings (SSSR count). The molecule has 0 radical (unpaired) electrons. The van der Waals surface area contributed by atoms with E-state index in [1.807, 2.05) is 0 Å². The first-order valence-electron chi connectivity index (χ1n) is 10.1. The van der Waals surface area contributed by atoms with Crippen LogP contribution in [0.1, 0.15) is 6.42 Å². The van der Waals surface area contributed by atoms with Crippen molar-refractivity contribution in [3.05, 3.63) is 60.2 Å². The normalized spacial score (nSPS) is 17.5. The number of nitrogens with one attached hydrogen (secondary N) is 2. The minimum absolute atomic E-state index is 0.519. The molecule has 6 nitrogen and oxygen atoms in total. The first-order valence-corrected chi connectivity index (χ1v) is 10.9. The molecule has 0 aromatic heterocycles. The van der Waals surface area contributed by atoms with Gasteiger partial charge in [0, 0.05) is 55.4 Å². The number of anilines is 1. The van der Waals surface area contributed by atoms with E-state index in [2.05, 4.69) is 68.1 Å². The van der Waals surface area contributed by atoms with Crippen LogP contribution in [-0.2, 0) is 9.84 Å². The van der Waals surface area contributed by atoms with Gasteiger partial charge in [-0.1, -0.05) is 35.4 Å². The summed E-state index contributed by atoms with van der Waals surface area (Å²) in [4.78, 5) is 15.1. The highest BCUT2D eigenvalue weighted by Gasteiger charge is 2.18. The van der Waals surface area contributed by atoms with Gasteiger partial charge in [-0.3, -0.25) is 4.79 Å².